The molecule has 0 unspecified atom stereocenters. The van der Waals surface area contributed by atoms with Gasteiger partial charge in [-0.15, -0.1) is 0 Å². The van der Waals surface area contributed by atoms with Gasteiger partial charge in [0.1, 0.15) is 0 Å². The van der Waals surface area contributed by atoms with E-state index in [1.165, 1.54) is 0 Å². The number of benzene rings is 1. The van der Waals surface area contributed by atoms with Gasteiger partial charge in [0, 0.05) is 51.3 Å². The van der Waals surface area contributed by atoms with E-state index in [2.05, 4.69) is 39.0 Å². The molecular weight excluding hydrogens is 390 g/mol. The molecule has 0 saturated carbocycles. The van der Waals surface area contributed by atoms with E-state index in [1.54, 1.807) is 0 Å². The van der Waals surface area contributed by atoms with Gasteiger partial charge in [-0.25, -0.2) is 4.98 Å². The van der Waals surface area contributed by atoms with Crippen molar-refractivity contribution in [1.29, 1.82) is 0 Å². The minimum absolute atomic E-state index is 0.0490. The van der Waals surface area contributed by atoms with Crippen molar-refractivity contribution in [2.24, 2.45) is 5.92 Å². The Hall–Kier alpha value is -3.09. The topological polar surface area (TPSA) is 70.0 Å². The third-order valence-corrected chi connectivity index (χ3v) is 6.59. The molecule has 4 heterocycles. The van der Waals surface area contributed by atoms with Crippen molar-refractivity contribution in [3.8, 4) is 0 Å². The average Bonchev–Trinajstić information content (AvgIpc) is 3.45. The average molecular weight is 420 g/mol. The number of fused-ring (bicyclic) bond motifs is 3. The normalized spacial score (nSPS) is 17.7. The van der Waals surface area contributed by atoms with E-state index < -0.39 is 0 Å². The summed E-state index contributed by atoms with van der Waals surface area (Å²) in [6, 6.07) is 12.4. The molecule has 1 N–H and O–H groups in total. The molecule has 2 saturated heterocycles. The fraction of sp³-hybridized carbons (Fsp3) is 0.458. The molecular formula is C24H29N5O2. The molecule has 2 amide bonds. The first-order chi connectivity index (χ1) is 15.2. The summed E-state index contributed by atoms with van der Waals surface area (Å²) in [6.07, 6.45) is 6.20. The molecule has 0 atom stereocenters. The lowest BCUT2D eigenvalue weighted by Gasteiger charge is -2.32. The second-order valence-corrected chi connectivity index (χ2v) is 8.58. The molecule has 0 bridgehead atoms. The highest BCUT2D eigenvalue weighted by Crippen LogP contribution is 2.29. The van der Waals surface area contributed by atoms with Crippen LogP contribution in [0.5, 0.6) is 0 Å². The number of hydrogen-bond donors (Lipinski definition) is 1. The number of piperidine rings is 1. The molecule has 7 nitrogen and oxygen atoms in total. The molecule has 5 rings (SSSR count). The number of likely N-dealkylation sites (tertiary alicyclic amines) is 1. The maximum absolute atomic E-state index is 12.6. The van der Waals surface area contributed by atoms with Gasteiger partial charge in [-0.05, 0) is 49.9 Å². The Bertz CT molecular complexity index is 1100. The van der Waals surface area contributed by atoms with E-state index in [9.17, 15) is 9.59 Å². The molecule has 162 valence electrons. The lowest BCUT2D eigenvalue weighted by molar-refractivity contribution is -0.127. The highest BCUT2D eigenvalue weighted by Gasteiger charge is 2.27. The molecule has 2 aliphatic rings. The van der Waals surface area contributed by atoms with Gasteiger partial charge in [0.25, 0.3) is 0 Å². The van der Waals surface area contributed by atoms with Gasteiger partial charge in [0.2, 0.25) is 11.8 Å². The molecule has 2 fully saturated rings. The Morgan fingerprint density at radius 3 is 2.68 bits per heavy atom. The number of carbonyl (C=O) groups is 2. The van der Waals surface area contributed by atoms with Crippen LogP contribution in [0.4, 0.5) is 5.82 Å². The zero-order chi connectivity index (χ0) is 21.2. The van der Waals surface area contributed by atoms with Gasteiger partial charge in [-0.2, -0.15) is 0 Å². The van der Waals surface area contributed by atoms with Crippen LogP contribution in [0.25, 0.3) is 16.6 Å². The second-order valence-electron chi connectivity index (χ2n) is 8.58. The van der Waals surface area contributed by atoms with Gasteiger partial charge < -0.3 is 19.5 Å². The van der Waals surface area contributed by atoms with Crippen LogP contribution >= 0.6 is 0 Å². The number of carbonyl (C=O) groups excluding carboxylic acids is 2. The summed E-state index contributed by atoms with van der Waals surface area (Å²) in [5.41, 5.74) is 3.20. The zero-order valence-corrected chi connectivity index (χ0v) is 17.8. The van der Waals surface area contributed by atoms with Crippen molar-refractivity contribution in [3.63, 3.8) is 0 Å². The molecule has 31 heavy (non-hydrogen) atoms. The number of hydrogen-bond acceptors (Lipinski definition) is 4. The minimum Gasteiger partial charge on any atom is -0.356 e. The largest absolute Gasteiger partial charge is 0.356 e. The third kappa shape index (κ3) is 3.96. The van der Waals surface area contributed by atoms with E-state index in [0.29, 0.717) is 13.0 Å². The minimum atomic E-state index is 0.0490. The monoisotopic (exact) mass is 419 g/mol. The second kappa shape index (κ2) is 8.57. The number of aromatic nitrogens is 2. The maximum atomic E-state index is 12.6. The van der Waals surface area contributed by atoms with Crippen LogP contribution in [0.15, 0.2) is 42.6 Å². The first-order valence-electron chi connectivity index (χ1n) is 11.4. The van der Waals surface area contributed by atoms with Crippen molar-refractivity contribution in [1.82, 2.24) is 19.6 Å². The number of amides is 2. The van der Waals surface area contributed by atoms with Crippen LogP contribution in [0.1, 0.15) is 32.1 Å². The summed E-state index contributed by atoms with van der Waals surface area (Å²) in [4.78, 5) is 33.4. The smallest absolute Gasteiger partial charge is 0.223 e. The van der Waals surface area contributed by atoms with Crippen molar-refractivity contribution in [2.45, 2.75) is 32.1 Å². The van der Waals surface area contributed by atoms with Crippen LogP contribution in [-0.4, -0.2) is 58.8 Å². The van der Waals surface area contributed by atoms with Crippen molar-refractivity contribution < 1.29 is 9.59 Å². The fourth-order valence-corrected chi connectivity index (χ4v) is 4.86. The molecule has 2 aromatic heterocycles. The molecule has 3 aromatic rings. The number of nitrogens with one attached hydrogen (secondary N) is 1. The number of anilines is 1. The molecule has 7 heteroatoms. The van der Waals surface area contributed by atoms with Crippen LogP contribution in [-0.2, 0) is 9.59 Å². The first-order valence-corrected chi connectivity index (χ1v) is 11.4. The maximum Gasteiger partial charge on any atom is 0.223 e. The van der Waals surface area contributed by atoms with Gasteiger partial charge in [-0.3, -0.25) is 9.59 Å². The lowest BCUT2D eigenvalue weighted by atomic mass is 9.96. The molecule has 2 aliphatic heterocycles. The Balaban J connectivity index is 1.17. The summed E-state index contributed by atoms with van der Waals surface area (Å²) < 4.78 is 2.20. The summed E-state index contributed by atoms with van der Waals surface area (Å²) in [5.74, 6) is 1.44. The van der Waals surface area contributed by atoms with Gasteiger partial charge in [0.05, 0.1) is 16.6 Å². The lowest BCUT2D eigenvalue weighted by Crippen LogP contribution is -2.41. The zero-order valence-electron chi connectivity index (χ0n) is 17.8. The fourth-order valence-electron chi connectivity index (χ4n) is 4.86. The van der Waals surface area contributed by atoms with Crippen LogP contribution in [0.3, 0.4) is 0 Å². The SMILES string of the molecule is O=C(NCCCN1CCCC1=O)C1CCN(c2nc3ccccc3n3cccc23)CC1. The standard InChI is InChI=1S/C24H29N5O2/c30-22-9-4-13-27(22)14-5-12-25-24(31)18-10-16-28(17-11-18)23-21-8-3-15-29(21)20-7-2-1-6-19(20)26-23/h1-3,6-8,15,18H,4-5,9-14,16-17H2,(H,25,31). The summed E-state index contributed by atoms with van der Waals surface area (Å²) >= 11 is 0. The van der Waals surface area contributed by atoms with E-state index in [4.69, 9.17) is 4.98 Å². The van der Waals surface area contributed by atoms with Gasteiger partial charge >= 0.3 is 0 Å². The predicted molar refractivity (Wildman–Crippen MR) is 121 cm³/mol. The summed E-state index contributed by atoms with van der Waals surface area (Å²) in [6.45, 7) is 3.90. The quantitative estimate of drug-likeness (QED) is 0.624. The third-order valence-electron chi connectivity index (χ3n) is 6.59. The Kier molecular flexibility index (Phi) is 5.49. The Labute approximate surface area is 182 Å². The molecule has 0 aliphatic carbocycles. The van der Waals surface area contributed by atoms with E-state index in [0.717, 1.165) is 74.2 Å². The first kappa shape index (κ1) is 19.8. The van der Waals surface area contributed by atoms with E-state index in [-0.39, 0.29) is 17.7 Å². The van der Waals surface area contributed by atoms with Gasteiger partial charge in [0.15, 0.2) is 5.82 Å². The summed E-state index contributed by atoms with van der Waals surface area (Å²) in [7, 11) is 0. The summed E-state index contributed by atoms with van der Waals surface area (Å²) in [5, 5.41) is 3.08. The molecule has 1 aromatic carbocycles. The highest BCUT2D eigenvalue weighted by molar-refractivity contribution is 5.85. The van der Waals surface area contributed by atoms with Crippen LogP contribution in [0.2, 0.25) is 0 Å². The number of rotatable bonds is 6. The Morgan fingerprint density at radius 2 is 1.87 bits per heavy atom. The number of para-hydroxylation sites is 2. The molecule has 0 spiro atoms. The number of nitrogens with zero attached hydrogens (tertiary/aromatic N) is 4. The van der Waals surface area contributed by atoms with Crippen molar-refractivity contribution in [3.05, 3.63) is 42.6 Å². The van der Waals surface area contributed by atoms with Crippen LogP contribution < -0.4 is 10.2 Å². The highest BCUT2D eigenvalue weighted by atomic mass is 16.2. The van der Waals surface area contributed by atoms with Crippen LogP contribution in [0, 0.1) is 5.92 Å². The van der Waals surface area contributed by atoms with Gasteiger partial charge in [-0.1, -0.05) is 12.1 Å². The van der Waals surface area contributed by atoms with Crippen molar-refractivity contribution >= 4 is 34.2 Å². The Morgan fingerprint density at radius 1 is 1.06 bits per heavy atom. The van der Waals surface area contributed by atoms with Crippen molar-refractivity contribution in [2.75, 3.05) is 37.6 Å². The van der Waals surface area contributed by atoms with E-state index in [1.807, 2.05) is 23.1 Å². The van der Waals surface area contributed by atoms with E-state index >= 15 is 0 Å². The predicted octanol–water partition coefficient (Wildman–Crippen LogP) is 2.83. The molecule has 0 radical (unpaired) electrons.